The molecule has 0 unspecified atom stereocenters. The molecule has 0 amide bonds. The Kier molecular flexibility index (Phi) is 15.1. The van der Waals surface area contributed by atoms with E-state index in [1.54, 1.807) is 0 Å². The fourth-order valence-corrected chi connectivity index (χ4v) is 3.59. The van der Waals surface area contributed by atoms with E-state index in [1.807, 2.05) is 0 Å². The smallest absolute Gasteiger partial charge is 0.381 e. The zero-order valence-electron chi connectivity index (χ0n) is 20.1. The molecule has 0 fully saturated rings. The number of unbranched alkanes of at least 4 members (excludes halogenated alkanes) is 11. The molecule has 0 spiro atoms. The molecule has 0 aromatic rings. The summed E-state index contributed by atoms with van der Waals surface area (Å²) in [6.45, 7) is 8.34. The van der Waals surface area contributed by atoms with E-state index in [4.69, 9.17) is 4.74 Å². The molecular weight excluding hydrogens is 437 g/mol. The lowest BCUT2D eigenvalue weighted by atomic mass is 9.91. The Morgan fingerprint density at radius 3 is 1.16 bits per heavy atom. The molecule has 0 aliphatic rings. The third-order valence-electron chi connectivity index (χ3n) is 5.67. The third kappa shape index (κ3) is 14.6. The fourth-order valence-electron chi connectivity index (χ4n) is 3.59. The molecule has 0 radical (unpaired) electrons. The van der Waals surface area contributed by atoms with Gasteiger partial charge in [-0.05, 0) is 37.5 Å². The highest BCUT2D eigenvalue weighted by Gasteiger charge is 2.71. The Labute approximate surface area is 189 Å². The van der Waals surface area contributed by atoms with E-state index in [2.05, 4.69) is 20.8 Å². The second-order valence-electron chi connectivity index (χ2n) is 10.1. The highest BCUT2D eigenvalue weighted by Crippen LogP contribution is 2.49. The molecule has 1 nitrogen and oxygen atoms in total. The van der Waals surface area contributed by atoms with Gasteiger partial charge in [0.1, 0.15) is 0 Å². The zero-order valence-corrected chi connectivity index (χ0v) is 20.1. The largest absolute Gasteiger partial charge is 0.431 e. The van der Waals surface area contributed by atoms with Crippen molar-refractivity contribution in [3.05, 3.63) is 0 Å². The van der Waals surface area contributed by atoms with Gasteiger partial charge in [0.15, 0.2) is 0 Å². The first kappa shape index (κ1) is 31.5. The number of hydrogen-bond donors (Lipinski definition) is 0. The SMILES string of the molecule is CC(C)(C)CCCOCCCCCCCCCCCCCCC(F)(C(F)(F)F)C(F)(F)F. The summed E-state index contributed by atoms with van der Waals surface area (Å²) < 4.78 is 93.8. The summed E-state index contributed by atoms with van der Waals surface area (Å²) in [5, 5.41) is 0. The zero-order chi connectivity index (χ0) is 24.7. The van der Waals surface area contributed by atoms with Crippen LogP contribution in [0, 0.1) is 5.41 Å². The van der Waals surface area contributed by atoms with Gasteiger partial charge in [0.2, 0.25) is 0 Å². The van der Waals surface area contributed by atoms with Crippen LogP contribution >= 0.6 is 0 Å². The van der Waals surface area contributed by atoms with Gasteiger partial charge in [0.25, 0.3) is 5.67 Å². The maximum Gasteiger partial charge on any atom is 0.431 e. The maximum absolute atomic E-state index is 13.5. The van der Waals surface area contributed by atoms with Crippen LogP contribution in [-0.4, -0.2) is 31.2 Å². The number of alkyl halides is 7. The summed E-state index contributed by atoms with van der Waals surface area (Å²) in [7, 11) is 0. The lowest BCUT2D eigenvalue weighted by Gasteiger charge is -2.29. The average Bonchev–Trinajstić information content (AvgIpc) is 2.64. The maximum atomic E-state index is 13.5. The summed E-state index contributed by atoms with van der Waals surface area (Å²) in [5.74, 6) is 0. The quantitative estimate of drug-likeness (QED) is 0.140. The molecule has 0 bridgehead atoms. The minimum atomic E-state index is -5.93. The summed E-state index contributed by atoms with van der Waals surface area (Å²) >= 11 is 0. The molecule has 194 valence electrons. The molecule has 0 saturated carbocycles. The van der Waals surface area contributed by atoms with Crippen LogP contribution in [0.25, 0.3) is 0 Å². The normalized spacial score (nSPS) is 13.7. The summed E-state index contributed by atoms with van der Waals surface area (Å²) in [6, 6.07) is 0. The second kappa shape index (κ2) is 15.4. The summed E-state index contributed by atoms with van der Waals surface area (Å²) in [4.78, 5) is 0. The van der Waals surface area contributed by atoms with Crippen molar-refractivity contribution in [2.45, 2.75) is 135 Å². The van der Waals surface area contributed by atoms with Gasteiger partial charge in [0.05, 0.1) is 0 Å². The van der Waals surface area contributed by atoms with Crippen molar-refractivity contribution >= 4 is 0 Å². The van der Waals surface area contributed by atoms with Crippen LogP contribution in [-0.2, 0) is 4.74 Å². The summed E-state index contributed by atoms with van der Waals surface area (Å²) in [5.41, 5.74) is -4.74. The van der Waals surface area contributed by atoms with Gasteiger partial charge in [-0.3, -0.25) is 0 Å². The van der Waals surface area contributed by atoms with Crippen LogP contribution in [0.3, 0.4) is 0 Å². The topological polar surface area (TPSA) is 9.23 Å². The molecule has 0 N–H and O–H groups in total. The van der Waals surface area contributed by atoms with Gasteiger partial charge in [-0.1, -0.05) is 85.0 Å². The molecule has 0 atom stereocenters. The Bertz CT molecular complexity index is 439. The standard InChI is InChI=1S/C24H43F7O/c1-21(2,3)17-16-20-32-19-15-13-11-9-7-5-4-6-8-10-12-14-18-22(25,23(26,27)28)24(29,30)31/h4-20H2,1-3H3. The monoisotopic (exact) mass is 480 g/mol. The van der Waals surface area contributed by atoms with Crippen LogP contribution in [0.15, 0.2) is 0 Å². The van der Waals surface area contributed by atoms with Crippen molar-refractivity contribution in [2.24, 2.45) is 5.41 Å². The van der Waals surface area contributed by atoms with Gasteiger partial charge in [-0.15, -0.1) is 0 Å². The van der Waals surface area contributed by atoms with E-state index in [9.17, 15) is 30.7 Å². The van der Waals surface area contributed by atoms with Crippen molar-refractivity contribution < 1.29 is 35.5 Å². The van der Waals surface area contributed by atoms with E-state index in [0.29, 0.717) is 11.8 Å². The molecule has 32 heavy (non-hydrogen) atoms. The minimum Gasteiger partial charge on any atom is -0.381 e. The molecule has 0 aromatic carbocycles. The van der Waals surface area contributed by atoms with Crippen molar-refractivity contribution in [1.82, 2.24) is 0 Å². The predicted octanol–water partition coefficient (Wildman–Crippen LogP) is 9.73. The van der Waals surface area contributed by atoms with E-state index >= 15 is 0 Å². The van der Waals surface area contributed by atoms with Crippen molar-refractivity contribution in [2.75, 3.05) is 13.2 Å². The molecule has 0 aliphatic carbocycles. The van der Waals surface area contributed by atoms with Crippen LogP contribution < -0.4 is 0 Å². The van der Waals surface area contributed by atoms with Gasteiger partial charge >= 0.3 is 12.4 Å². The third-order valence-corrected chi connectivity index (χ3v) is 5.67. The number of hydrogen-bond acceptors (Lipinski definition) is 1. The van der Waals surface area contributed by atoms with Gasteiger partial charge in [-0.25, -0.2) is 4.39 Å². The van der Waals surface area contributed by atoms with E-state index in [1.165, 1.54) is 12.8 Å². The molecular formula is C24H43F7O. The number of rotatable bonds is 18. The van der Waals surface area contributed by atoms with E-state index in [0.717, 1.165) is 71.0 Å². The first-order chi connectivity index (χ1) is 14.7. The molecule has 0 rings (SSSR count). The van der Waals surface area contributed by atoms with Gasteiger partial charge < -0.3 is 4.74 Å². The fraction of sp³-hybridized carbons (Fsp3) is 1.00. The Morgan fingerprint density at radius 1 is 0.438 bits per heavy atom. The number of halogens is 7. The first-order valence-corrected chi connectivity index (χ1v) is 12.1. The Hall–Kier alpha value is -0.530. The molecule has 0 saturated heterocycles. The van der Waals surface area contributed by atoms with Crippen LogP contribution in [0.1, 0.15) is 117 Å². The second-order valence-corrected chi connectivity index (χ2v) is 10.1. The van der Waals surface area contributed by atoms with Gasteiger partial charge in [0, 0.05) is 13.2 Å². The highest BCUT2D eigenvalue weighted by molar-refractivity contribution is 4.94. The average molecular weight is 481 g/mol. The van der Waals surface area contributed by atoms with E-state index in [-0.39, 0.29) is 6.42 Å². The highest BCUT2D eigenvalue weighted by atomic mass is 19.4. The predicted molar refractivity (Wildman–Crippen MR) is 115 cm³/mol. The molecule has 0 aromatic heterocycles. The number of ether oxygens (including phenoxy) is 1. The lowest BCUT2D eigenvalue weighted by molar-refractivity contribution is -0.343. The first-order valence-electron chi connectivity index (χ1n) is 12.1. The Balaban J connectivity index is 3.48. The van der Waals surface area contributed by atoms with Crippen LogP contribution in [0.2, 0.25) is 0 Å². The van der Waals surface area contributed by atoms with Crippen molar-refractivity contribution in [3.63, 3.8) is 0 Å². The Morgan fingerprint density at radius 2 is 0.781 bits per heavy atom. The molecule has 0 aliphatic heterocycles. The molecule has 8 heteroatoms. The minimum absolute atomic E-state index is 0.177. The van der Waals surface area contributed by atoms with Crippen molar-refractivity contribution in [3.8, 4) is 0 Å². The van der Waals surface area contributed by atoms with Crippen LogP contribution in [0.5, 0.6) is 0 Å². The molecule has 0 heterocycles. The lowest BCUT2D eigenvalue weighted by Crippen LogP contribution is -2.53. The van der Waals surface area contributed by atoms with Crippen molar-refractivity contribution in [1.29, 1.82) is 0 Å². The van der Waals surface area contributed by atoms with Gasteiger partial charge in [-0.2, -0.15) is 26.3 Å². The van der Waals surface area contributed by atoms with Crippen LogP contribution in [0.4, 0.5) is 30.7 Å². The van der Waals surface area contributed by atoms with E-state index < -0.39 is 30.9 Å². The summed E-state index contributed by atoms with van der Waals surface area (Å²) in [6.07, 6.45) is -1.39.